The van der Waals surface area contributed by atoms with Gasteiger partial charge in [-0.2, -0.15) is 0 Å². The van der Waals surface area contributed by atoms with Crippen molar-refractivity contribution in [2.75, 3.05) is 14.2 Å². The lowest BCUT2D eigenvalue weighted by atomic mass is 10.3. The molecule has 0 unspecified atom stereocenters. The summed E-state index contributed by atoms with van der Waals surface area (Å²) in [6.07, 6.45) is 0. The quantitative estimate of drug-likeness (QED) is 0.603. The maximum atomic E-state index is 11.7. The third-order valence-electron chi connectivity index (χ3n) is 2.29. The number of halogens is 3. The summed E-state index contributed by atoms with van der Waals surface area (Å²) in [5.74, 6) is -1.24. The highest BCUT2D eigenvalue weighted by Crippen LogP contribution is 2.37. The highest BCUT2D eigenvalue weighted by Gasteiger charge is 2.26. The van der Waals surface area contributed by atoms with E-state index in [1.165, 1.54) is 18.8 Å². The van der Waals surface area contributed by atoms with Crippen LogP contribution in [0.25, 0.3) is 0 Å². The van der Waals surface area contributed by atoms with Crippen LogP contribution in [0.3, 0.4) is 0 Å². The lowest BCUT2D eigenvalue weighted by Crippen LogP contribution is -2.16. The van der Waals surface area contributed by atoms with E-state index in [9.17, 15) is 9.59 Å². The van der Waals surface area contributed by atoms with E-state index in [0.29, 0.717) is 4.47 Å². The monoisotopic (exact) mass is 369 g/mol. The van der Waals surface area contributed by atoms with E-state index in [2.05, 4.69) is 32.0 Å². The van der Waals surface area contributed by atoms with Crippen LogP contribution in [0.1, 0.15) is 10.5 Å². The van der Waals surface area contributed by atoms with Gasteiger partial charge in [0.2, 0.25) is 0 Å². The predicted molar refractivity (Wildman–Crippen MR) is 74.6 cm³/mol. The Balaban J connectivity index is 3.27. The van der Waals surface area contributed by atoms with Crippen LogP contribution in [0.15, 0.2) is 16.6 Å². The Bertz CT molecular complexity index is 553. The van der Waals surface area contributed by atoms with Gasteiger partial charge in [-0.1, -0.05) is 29.8 Å². The number of methoxy groups -OCH3 is 2. The number of carbonyl (C=O) groups excluding carboxylic acids is 2. The third kappa shape index (κ3) is 3.13. The van der Waals surface area contributed by atoms with Crippen molar-refractivity contribution in [1.29, 1.82) is 0 Å². The summed E-state index contributed by atoms with van der Waals surface area (Å²) in [5.41, 5.74) is 0.219. The van der Waals surface area contributed by atoms with Crippen LogP contribution in [-0.2, 0) is 20.8 Å². The molecule has 1 aromatic heterocycles. The molecule has 0 amide bonds. The van der Waals surface area contributed by atoms with Crippen molar-refractivity contribution in [2.45, 2.75) is 6.54 Å². The molecule has 1 heterocycles. The van der Waals surface area contributed by atoms with Crippen molar-refractivity contribution in [1.82, 2.24) is 4.57 Å². The number of carbonyl (C=O) groups is 2. The van der Waals surface area contributed by atoms with Gasteiger partial charge in [0, 0.05) is 5.57 Å². The zero-order valence-electron chi connectivity index (χ0n) is 10.1. The van der Waals surface area contributed by atoms with Crippen LogP contribution in [0.4, 0.5) is 0 Å². The number of aromatic nitrogens is 1. The first-order valence-corrected chi connectivity index (χ1v) is 6.47. The van der Waals surface area contributed by atoms with Crippen LogP contribution in [0.2, 0.25) is 10.2 Å². The van der Waals surface area contributed by atoms with Gasteiger partial charge in [-0.05, 0) is 15.9 Å². The second kappa shape index (κ2) is 6.45. The molecule has 0 saturated carbocycles. The van der Waals surface area contributed by atoms with Crippen molar-refractivity contribution in [3.8, 4) is 0 Å². The lowest BCUT2D eigenvalue weighted by Gasteiger charge is -2.10. The van der Waals surface area contributed by atoms with Gasteiger partial charge in [-0.3, -0.25) is 0 Å². The van der Waals surface area contributed by atoms with E-state index in [1.54, 1.807) is 0 Å². The molecule has 0 aliphatic rings. The Labute approximate surface area is 128 Å². The molecule has 104 valence electrons. The fraction of sp³-hybridized carbons (Fsp3) is 0.273. The molecule has 0 aliphatic carbocycles. The standard InChI is InChI=1S/C11H10BrCl2NO4/c1-5(10(16)18-2)4-15-8(11(17)19-3)6(12)7(13)9(15)14/h1,4H2,2-3H3. The molecule has 0 bridgehead atoms. The molecule has 5 nitrogen and oxygen atoms in total. The van der Waals surface area contributed by atoms with Gasteiger partial charge in [0.1, 0.15) is 10.8 Å². The number of esters is 2. The zero-order chi connectivity index (χ0) is 14.7. The molecule has 0 aromatic carbocycles. The van der Waals surface area contributed by atoms with E-state index < -0.39 is 11.9 Å². The molecule has 8 heteroatoms. The summed E-state index contributed by atoms with van der Waals surface area (Å²) in [7, 11) is 2.46. The van der Waals surface area contributed by atoms with E-state index in [4.69, 9.17) is 23.2 Å². The van der Waals surface area contributed by atoms with Crippen molar-refractivity contribution < 1.29 is 19.1 Å². The lowest BCUT2D eigenvalue weighted by molar-refractivity contribution is -0.136. The van der Waals surface area contributed by atoms with Crippen LogP contribution in [0.5, 0.6) is 0 Å². The van der Waals surface area contributed by atoms with Gasteiger partial charge >= 0.3 is 11.9 Å². The minimum atomic E-state index is -0.640. The Morgan fingerprint density at radius 1 is 1.32 bits per heavy atom. The minimum absolute atomic E-state index is 0.0404. The zero-order valence-corrected chi connectivity index (χ0v) is 13.2. The Morgan fingerprint density at radius 2 is 1.89 bits per heavy atom. The maximum absolute atomic E-state index is 11.7. The Hall–Kier alpha value is -0.980. The third-order valence-corrected chi connectivity index (χ3v) is 4.15. The van der Waals surface area contributed by atoms with Gasteiger partial charge in [-0.25, -0.2) is 9.59 Å². The second-order valence-electron chi connectivity index (χ2n) is 3.44. The summed E-state index contributed by atoms with van der Waals surface area (Å²) in [5, 5.41) is 0.249. The first kappa shape index (κ1) is 16.1. The van der Waals surface area contributed by atoms with Crippen LogP contribution < -0.4 is 0 Å². The van der Waals surface area contributed by atoms with Gasteiger partial charge in [0.25, 0.3) is 0 Å². The maximum Gasteiger partial charge on any atom is 0.355 e. The van der Waals surface area contributed by atoms with E-state index in [-0.39, 0.29) is 28.0 Å². The summed E-state index contributed by atoms with van der Waals surface area (Å²) in [6, 6.07) is 0. The topological polar surface area (TPSA) is 57.5 Å². The summed E-state index contributed by atoms with van der Waals surface area (Å²) >= 11 is 15.1. The smallest absolute Gasteiger partial charge is 0.355 e. The first-order valence-electron chi connectivity index (χ1n) is 4.92. The first-order chi connectivity index (χ1) is 8.84. The van der Waals surface area contributed by atoms with Crippen molar-refractivity contribution >= 4 is 51.1 Å². The number of rotatable bonds is 4. The van der Waals surface area contributed by atoms with Crippen molar-refractivity contribution in [3.63, 3.8) is 0 Å². The highest BCUT2D eigenvalue weighted by atomic mass is 79.9. The largest absolute Gasteiger partial charge is 0.466 e. The second-order valence-corrected chi connectivity index (χ2v) is 4.97. The van der Waals surface area contributed by atoms with E-state index >= 15 is 0 Å². The Morgan fingerprint density at radius 3 is 2.37 bits per heavy atom. The molecule has 0 radical (unpaired) electrons. The molecule has 0 saturated heterocycles. The highest BCUT2D eigenvalue weighted by molar-refractivity contribution is 9.10. The fourth-order valence-electron chi connectivity index (χ4n) is 1.37. The molecule has 0 fully saturated rings. The average Bonchev–Trinajstić information content (AvgIpc) is 2.61. The van der Waals surface area contributed by atoms with Crippen molar-refractivity contribution in [2.24, 2.45) is 0 Å². The molecular weight excluding hydrogens is 361 g/mol. The van der Waals surface area contributed by atoms with Crippen LogP contribution in [-0.4, -0.2) is 30.7 Å². The summed E-state index contributed by atoms with van der Waals surface area (Å²) in [6.45, 7) is 3.52. The SMILES string of the molecule is C=C(Cn1c(Cl)c(Cl)c(Br)c1C(=O)OC)C(=O)OC. The normalized spacial score (nSPS) is 10.2. The number of hydrogen-bond donors (Lipinski definition) is 0. The molecule has 1 rings (SSSR count). The number of hydrogen-bond acceptors (Lipinski definition) is 4. The molecular formula is C11H10BrCl2NO4. The molecule has 0 spiro atoms. The van der Waals surface area contributed by atoms with Crippen LogP contribution >= 0.6 is 39.1 Å². The number of ether oxygens (including phenoxy) is 2. The van der Waals surface area contributed by atoms with Gasteiger partial charge in [0.15, 0.2) is 0 Å². The molecule has 0 N–H and O–H groups in total. The molecule has 0 aliphatic heterocycles. The van der Waals surface area contributed by atoms with Crippen LogP contribution in [0, 0.1) is 0 Å². The van der Waals surface area contributed by atoms with Crippen molar-refractivity contribution in [3.05, 3.63) is 32.5 Å². The van der Waals surface area contributed by atoms with Gasteiger partial charge < -0.3 is 14.0 Å². The molecule has 0 atom stereocenters. The van der Waals surface area contributed by atoms with E-state index in [1.807, 2.05) is 0 Å². The van der Waals surface area contributed by atoms with Gasteiger partial charge in [-0.15, -0.1) is 0 Å². The average molecular weight is 371 g/mol. The molecule has 19 heavy (non-hydrogen) atoms. The van der Waals surface area contributed by atoms with Gasteiger partial charge in [0.05, 0.1) is 30.3 Å². The fourth-order valence-corrected chi connectivity index (χ4v) is 2.48. The van der Waals surface area contributed by atoms with E-state index in [0.717, 1.165) is 0 Å². The predicted octanol–water partition coefficient (Wildman–Crippen LogP) is 3.07. The minimum Gasteiger partial charge on any atom is -0.466 e. The Kier molecular flexibility index (Phi) is 5.46. The molecule has 1 aromatic rings. The number of nitrogens with zero attached hydrogens (tertiary/aromatic N) is 1. The summed E-state index contributed by atoms with van der Waals surface area (Å²) in [4.78, 5) is 23.0. The summed E-state index contributed by atoms with van der Waals surface area (Å²) < 4.78 is 10.8.